The first-order chi connectivity index (χ1) is 11.2. The Labute approximate surface area is 147 Å². The Kier molecular flexibility index (Phi) is 6.18. The minimum atomic E-state index is -3.02. The van der Waals surface area contributed by atoms with E-state index in [2.05, 4.69) is 34.0 Å². The van der Waals surface area contributed by atoms with E-state index in [1.165, 1.54) is 19.3 Å². The van der Waals surface area contributed by atoms with Gasteiger partial charge in [-0.1, -0.05) is 6.42 Å². The van der Waals surface area contributed by atoms with Crippen LogP contribution in [0.3, 0.4) is 0 Å². The molecule has 2 fully saturated rings. The normalized spacial score (nSPS) is 29.3. The molecule has 2 heterocycles. The van der Waals surface area contributed by atoms with Gasteiger partial charge in [-0.05, 0) is 47.1 Å². The lowest BCUT2D eigenvalue weighted by molar-refractivity contribution is 0.115. The summed E-state index contributed by atoms with van der Waals surface area (Å²) in [6, 6.07) is 1.08. The molecule has 2 aliphatic heterocycles. The minimum Gasteiger partial charge on any atom is -0.355 e. The van der Waals surface area contributed by atoms with E-state index in [0.717, 1.165) is 19.0 Å². The lowest BCUT2D eigenvalue weighted by atomic mass is 10.0. The van der Waals surface area contributed by atoms with Crippen LogP contribution in [0, 0.1) is 0 Å². The molecular weight excluding hydrogens is 324 g/mol. The number of nitrogens with zero attached hydrogens (tertiary/aromatic N) is 3. The number of aliphatic imine (C=N–C) groups is 1. The Hall–Kier alpha value is -0.820. The van der Waals surface area contributed by atoms with E-state index in [0.29, 0.717) is 25.2 Å². The third-order valence-electron chi connectivity index (χ3n) is 5.53. The van der Waals surface area contributed by atoms with Crippen LogP contribution in [0.15, 0.2) is 4.99 Å². The number of guanidine groups is 1. The van der Waals surface area contributed by atoms with Gasteiger partial charge in [-0.25, -0.2) is 8.42 Å². The van der Waals surface area contributed by atoms with Crippen molar-refractivity contribution in [2.45, 2.75) is 63.8 Å². The van der Waals surface area contributed by atoms with Crippen LogP contribution in [0.1, 0.15) is 47.0 Å². The SMILES string of the molecule is CN=C(NCC(C)N1CCCCC1C)N1CCS(=O)(=O)C(C)(C)C1. The smallest absolute Gasteiger partial charge is 0.193 e. The Balaban J connectivity index is 1.93. The zero-order valence-electron chi connectivity index (χ0n) is 15.9. The van der Waals surface area contributed by atoms with Crippen molar-refractivity contribution in [2.24, 2.45) is 4.99 Å². The van der Waals surface area contributed by atoms with Crippen molar-refractivity contribution < 1.29 is 8.42 Å². The molecule has 2 atom stereocenters. The maximum atomic E-state index is 12.2. The third-order valence-corrected chi connectivity index (χ3v) is 8.06. The summed E-state index contributed by atoms with van der Waals surface area (Å²) in [5, 5.41) is 3.46. The topological polar surface area (TPSA) is 65.0 Å². The van der Waals surface area contributed by atoms with Gasteiger partial charge in [0.25, 0.3) is 0 Å². The highest BCUT2D eigenvalue weighted by atomic mass is 32.2. The van der Waals surface area contributed by atoms with E-state index < -0.39 is 14.6 Å². The van der Waals surface area contributed by atoms with Gasteiger partial charge < -0.3 is 10.2 Å². The maximum absolute atomic E-state index is 12.2. The third kappa shape index (κ3) is 4.23. The summed E-state index contributed by atoms with van der Waals surface area (Å²) in [4.78, 5) is 9.02. The number of likely N-dealkylation sites (tertiary alicyclic amines) is 1. The molecule has 2 aliphatic rings. The summed E-state index contributed by atoms with van der Waals surface area (Å²) >= 11 is 0. The lowest BCUT2D eigenvalue weighted by Gasteiger charge is -2.41. The van der Waals surface area contributed by atoms with Gasteiger partial charge in [-0.2, -0.15) is 0 Å². The predicted octanol–water partition coefficient (Wildman–Crippen LogP) is 1.33. The molecule has 2 unspecified atom stereocenters. The monoisotopic (exact) mass is 358 g/mol. The Morgan fingerprint density at radius 1 is 1.33 bits per heavy atom. The molecule has 0 aromatic rings. The van der Waals surface area contributed by atoms with Gasteiger partial charge in [0.1, 0.15) is 0 Å². The molecule has 1 N–H and O–H groups in total. The molecule has 6 nitrogen and oxygen atoms in total. The standard InChI is InChI=1S/C17H34N4O2S/c1-14-8-6-7-9-21(14)15(2)12-19-16(18-5)20-10-11-24(22,23)17(3,4)13-20/h14-15H,6-13H2,1-5H3,(H,18,19). The van der Waals surface area contributed by atoms with Gasteiger partial charge in [0.05, 0.1) is 10.5 Å². The molecular formula is C17H34N4O2S. The highest BCUT2D eigenvalue weighted by Crippen LogP contribution is 2.24. The fourth-order valence-corrected chi connectivity index (χ4v) is 5.15. The summed E-state index contributed by atoms with van der Waals surface area (Å²) in [5.74, 6) is 1.01. The number of hydrogen-bond donors (Lipinski definition) is 1. The number of sulfone groups is 1. The molecule has 0 aliphatic carbocycles. The van der Waals surface area contributed by atoms with Gasteiger partial charge in [-0.15, -0.1) is 0 Å². The van der Waals surface area contributed by atoms with Crippen LogP contribution in [0.2, 0.25) is 0 Å². The van der Waals surface area contributed by atoms with Crippen molar-refractivity contribution in [3.63, 3.8) is 0 Å². The molecule has 0 saturated carbocycles. The van der Waals surface area contributed by atoms with Gasteiger partial charge >= 0.3 is 0 Å². The van der Waals surface area contributed by atoms with Gasteiger partial charge in [0, 0.05) is 38.8 Å². The lowest BCUT2D eigenvalue weighted by Crippen LogP contribution is -2.58. The quantitative estimate of drug-likeness (QED) is 0.609. The van der Waals surface area contributed by atoms with Crippen molar-refractivity contribution in [1.82, 2.24) is 15.1 Å². The largest absolute Gasteiger partial charge is 0.355 e. The average Bonchev–Trinajstić information content (AvgIpc) is 2.51. The molecule has 2 saturated heterocycles. The van der Waals surface area contributed by atoms with Crippen molar-refractivity contribution in [3.05, 3.63) is 0 Å². The van der Waals surface area contributed by atoms with E-state index in [-0.39, 0.29) is 5.75 Å². The summed E-state index contributed by atoms with van der Waals surface area (Å²) < 4.78 is 23.6. The summed E-state index contributed by atoms with van der Waals surface area (Å²) in [7, 11) is -1.25. The molecule has 2 rings (SSSR count). The number of rotatable bonds is 3. The Bertz CT molecular complexity index is 559. The molecule has 140 valence electrons. The summed E-state index contributed by atoms with van der Waals surface area (Å²) in [6.45, 7) is 11.2. The molecule has 0 aromatic carbocycles. The fraction of sp³-hybridized carbons (Fsp3) is 0.941. The second-order valence-electron chi connectivity index (χ2n) is 7.86. The van der Waals surface area contributed by atoms with E-state index >= 15 is 0 Å². The van der Waals surface area contributed by atoms with E-state index in [1.807, 2.05) is 0 Å². The average molecular weight is 359 g/mol. The van der Waals surface area contributed by atoms with Crippen LogP contribution in [0.4, 0.5) is 0 Å². The van der Waals surface area contributed by atoms with Gasteiger partial charge in [0.2, 0.25) is 0 Å². The van der Waals surface area contributed by atoms with Crippen LogP contribution < -0.4 is 5.32 Å². The summed E-state index contributed by atoms with van der Waals surface area (Å²) in [5.41, 5.74) is 0. The molecule has 0 bridgehead atoms. The van der Waals surface area contributed by atoms with Crippen LogP contribution in [-0.4, -0.2) is 80.0 Å². The predicted molar refractivity (Wildman–Crippen MR) is 100 cm³/mol. The highest BCUT2D eigenvalue weighted by molar-refractivity contribution is 7.92. The fourth-order valence-electron chi connectivity index (χ4n) is 3.79. The minimum absolute atomic E-state index is 0.194. The van der Waals surface area contributed by atoms with Crippen LogP contribution in [0.5, 0.6) is 0 Å². The van der Waals surface area contributed by atoms with E-state index in [1.54, 1.807) is 20.9 Å². The summed E-state index contributed by atoms with van der Waals surface area (Å²) in [6.07, 6.45) is 3.88. The molecule has 24 heavy (non-hydrogen) atoms. The molecule has 0 aromatic heterocycles. The van der Waals surface area contributed by atoms with Crippen LogP contribution in [-0.2, 0) is 9.84 Å². The zero-order chi connectivity index (χ0) is 18.0. The molecule has 7 heteroatoms. The van der Waals surface area contributed by atoms with Crippen molar-refractivity contribution >= 4 is 15.8 Å². The van der Waals surface area contributed by atoms with Crippen molar-refractivity contribution in [3.8, 4) is 0 Å². The molecule has 0 spiro atoms. The zero-order valence-corrected chi connectivity index (χ0v) is 16.7. The van der Waals surface area contributed by atoms with Crippen LogP contribution >= 0.6 is 0 Å². The second-order valence-corrected chi connectivity index (χ2v) is 10.6. The maximum Gasteiger partial charge on any atom is 0.193 e. The Morgan fingerprint density at radius 2 is 2.04 bits per heavy atom. The highest BCUT2D eigenvalue weighted by Gasteiger charge is 2.41. The van der Waals surface area contributed by atoms with Crippen LogP contribution in [0.25, 0.3) is 0 Å². The van der Waals surface area contributed by atoms with Crippen molar-refractivity contribution in [2.75, 3.05) is 39.0 Å². The van der Waals surface area contributed by atoms with E-state index in [9.17, 15) is 8.42 Å². The first-order valence-corrected chi connectivity index (χ1v) is 10.8. The first-order valence-electron chi connectivity index (χ1n) is 9.11. The van der Waals surface area contributed by atoms with Gasteiger partial charge in [0.15, 0.2) is 15.8 Å². The second kappa shape index (κ2) is 7.60. The van der Waals surface area contributed by atoms with Gasteiger partial charge in [-0.3, -0.25) is 9.89 Å². The Morgan fingerprint density at radius 3 is 2.62 bits per heavy atom. The first kappa shape index (κ1) is 19.5. The number of piperidine rings is 1. The molecule has 0 radical (unpaired) electrons. The van der Waals surface area contributed by atoms with Crippen molar-refractivity contribution in [1.29, 1.82) is 0 Å². The number of hydrogen-bond acceptors (Lipinski definition) is 4. The van der Waals surface area contributed by atoms with E-state index in [4.69, 9.17) is 0 Å². The molecule has 0 amide bonds. The number of nitrogens with one attached hydrogen (secondary N) is 1.